The molecule has 2 aromatic rings. The lowest BCUT2D eigenvalue weighted by atomic mass is 10.1. The molecule has 1 N–H and O–H groups in total. The van der Waals surface area contributed by atoms with Gasteiger partial charge in [0.2, 0.25) is 0 Å². The molecular weight excluding hydrogens is 278 g/mol. The molecule has 0 aliphatic heterocycles. The van der Waals surface area contributed by atoms with Gasteiger partial charge in [-0.3, -0.25) is 4.79 Å². The monoisotopic (exact) mass is 295 g/mol. The molecule has 0 atom stereocenters. The maximum Gasteiger partial charge on any atom is 0.273 e. The Hall–Kier alpha value is -2.68. The van der Waals surface area contributed by atoms with Crippen molar-refractivity contribution in [2.45, 2.75) is 38.6 Å². The summed E-state index contributed by atoms with van der Waals surface area (Å²) in [4.78, 5) is 12.3. The first-order chi connectivity index (χ1) is 10.7. The minimum Gasteiger partial charge on any atom is -0.348 e. The highest BCUT2D eigenvalue weighted by Gasteiger charge is 2.27. The van der Waals surface area contributed by atoms with Crippen LogP contribution in [0.5, 0.6) is 0 Å². The number of carbonyl (C=O) groups is 1. The van der Waals surface area contributed by atoms with E-state index in [1.807, 2.05) is 12.1 Å². The first kappa shape index (κ1) is 14.3. The maximum atomic E-state index is 12.3. The van der Waals surface area contributed by atoms with E-state index in [1.165, 1.54) is 0 Å². The molecule has 1 aliphatic carbocycles. The second-order valence-corrected chi connectivity index (χ2v) is 5.45. The first-order valence-corrected chi connectivity index (χ1v) is 7.49. The molecule has 22 heavy (non-hydrogen) atoms. The SMILES string of the molecule is CCCc1c(C(=O)NC2CC2)nnn1-c1ccc(C#N)cc1. The van der Waals surface area contributed by atoms with Gasteiger partial charge in [0.05, 0.1) is 23.0 Å². The van der Waals surface area contributed by atoms with E-state index in [1.54, 1.807) is 16.8 Å². The summed E-state index contributed by atoms with van der Waals surface area (Å²) in [5.41, 5.74) is 2.61. The number of nitriles is 1. The molecule has 0 bridgehead atoms. The highest BCUT2D eigenvalue weighted by Crippen LogP contribution is 2.21. The van der Waals surface area contributed by atoms with Crippen molar-refractivity contribution in [1.29, 1.82) is 5.26 Å². The topological polar surface area (TPSA) is 83.6 Å². The molecule has 112 valence electrons. The highest BCUT2D eigenvalue weighted by molar-refractivity contribution is 5.93. The molecule has 1 amide bonds. The Balaban J connectivity index is 1.94. The Labute approximate surface area is 128 Å². The van der Waals surface area contributed by atoms with Crippen LogP contribution in [0.3, 0.4) is 0 Å². The van der Waals surface area contributed by atoms with Gasteiger partial charge in [0.15, 0.2) is 5.69 Å². The second-order valence-electron chi connectivity index (χ2n) is 5.45. The Kier molecular flexibility index (Phi) is 3.88. The van der Waals surface area contributed by atoms with Crippen LogP contribution in [0.25, 0.3) is 5.69 Å². The van der Waals surface area contributed by atoms with Gasteiger partial charge in [0, 0.05) is 6.04 Å². The number of nitrogens with one attached hydrogen (secondary N) is 1. The van der Waals surface area contributed by atoms with Crippen molar-refractivity contribution in [2.75, 3.05) is 0 Å². The number of benzene rings is 1. The zero-order chi connectivity index (χ0) is 15.5. The predicted molar refractivity (Wildman–Crippen MR) is 80.6 cm³/mol. The van der Waals surface area contributed by atoms with Gasteiger partial charge in [-0.2, -0.15) is 5.26 Å². The fourth-order valence-electron chi connectivity index (χ4n) is 2.31. The molecule has 1 fully saturated rings. The van der Waals surface area contributed by atoms with Crippen molar-refractivity contribution >= 4 is 5.91 Å². The van der Waals surface area contributed by atoms with E-state index >= 15 is 0 Å². The molecule has 0 saturated heterocycles. The summed E-state index contributed by atoms with van der Waals surface area (Å²) in [6.45, 7) is 2.05. The Bertz CT molecular complexity index is 722. The van der Waals surface area contributed by atoms with Crippen LogP contribution in [-0.4, -0.2) is 26.9 Å². The molecule has 1 heterocycles. The van der Waals surface area contributed by atoms with E-state index in [2.05, 4.69) is 28.6 Å². The average molecular weight is 295 g/mol. The normalized spacial score (nSPS) is 13.6. The molecular formula is C16H17N5O. The molecule has 6 heteroatoms. The van der Waals surface area contributed by atoms with Gasteiger partial charge < -0.3 is 5.32 Å². The number of hydrogen-bond acceptors (Lipinski definition) is 4. The van der Waals surface area contributed by atoms with Crippen molar-refractivity contribution in [2.24, 2.45) is 0 Å². The Morgan fingerprint density at radius 1 is 1.41 bits per heavy atom. The zero-order valence-electron chi connectivity index (χ0n) is 12.4. The third-order valence-electron chi connectivity index (χ3n) is 3.62. The van der Waals surface area contributed by atoms with E-state index in [-0.39, 0.29) is 5.91 Å². The van der Waals surface area contributed by atoms with Gasteiger partial charge in [-0.15, -0.1) is 5.10 Å². The van der Waals surface area contributed by atoms with E-state index < -0.39 is 0 Å². The van der Waals surface area contributed by atoms with Gasteiger partial charge >= 0.3 is 0 Å². The van der Waals surface area contributed by atoms with Crippen LogP contribution in [0.4, 0.5) is 0 Å². The van der Waals surface area contributed by atoms with Gasteiger partial charge in [-0.25, -0.2) is 4.68 Å². The molecule has 3 rings (SSSR count). The minimum absolute atomic E-state index is 0.147. The van der Waals surface area contributed by atoms with Crippen LogP contribution in [0.15, 0.2) is 24.3 Å². The number of hydrogen-bond donors (Lipinski definition) is 1. The van der Waals surface area contributed by atoms with Gasteiger partial charge in [0.25, 0.3) is 5.91 Å². The lowest BCUT2D eigenvalue weighted by Gasteiger charge is -2.07. The first-order valence-electron chi connectivity index (χ1n) is 7.49. The van der Waals surface area contributed by atoms with Crippen molar-refractivity contribution in [1.82, 2.24) is 20.3 Å². The highest BCUT2D eigenvalue weighted by atomic mass is 16.2. The summed E-state index contributed by atoms with van der Waals surface area (Å²) in [5.74, 6) is -0.147. The van der Waals surface area contributed by atoms with Crippen molar-refractivity contribution < 1.29 is 4.79 Å². The summed E-state index contributed by atoms with van der Waals surface area (Å²) in [7, 11) is 0. The minimum atomic E-state index is -0.147. The van der Waals surface area contributed by atoms with E-state index in [0.29, 0.717) is 17.3 Å². The van der Waals surface area contributed by atoms with Crippen LogP contribution >= 0.6 is 0 Å². The van der Waals surface area contributed by atoms with Crippen LogP contribution in [0.2, 0.25) is 0 Å². The number of rotatable bonds is 5. The molecule has 1 saturated carbocycles. The third kappa shape index (κ3) is 2.84. The summed E-state index contributed by atoms with van der Waals surface area (Å²) >= 11 is 0. The van der Waals surface area contributed by atoms with E-state index in [4.69, 9.17) is 5.26 Å². The Morgan fingerprint density at radius 3 is 2.73 bits per heavy atom. The summed E-state index contributed by atoms with van der Waals surface area (Å²) in [6, 6.07) is 9.48. The molecule has 0 spiro atoms. The van der Waals surface area contributed by atoms with Gasteiger partial charge in [-0.05, 0) is 43.5 Å². The van der Waals surface area contributed by atoms with E-state index in [9.17, 15) is 4.79 Å². The van der Waals surface area contributed by atoms with Crippen LogP contribution in [0.1, 0.15) is 47.9 Å². The van der Waals surface area contributed by atoms with Crippen LogP contribution in [-0.2, 0) is 6.42 Å². The van der Waals surface area contributed by atoms with Crippen molar-refractivity contribution in [3.8, 4) is 11.8 Å². The van der Waals surface area contributed by atoms with Gasteiger partial charge in [0.1, 0.15) is 0 Å². The number of nitrogens with zero attached hydrogens (tertiary/aromatic N) is 4. The molecule has 1 aliphatic rings. The summed E-state index contributed by atoms with van der Waals surface area (Å²) < 4.78 is 1.69. The maximum absolute atomic E-state index is 12.3. The standard InChI is InChI=1S/C16H17N5O/c1-2-3-14-15(16(22)18-12-6-7-12)19-20-21(14)13-8-4-11(10-17)5-9-13/h4-5,8-9,12H,2-3,6-7H2,1H3,(H,18,22). The third-order valence-corrected chi connectivity index (χ3v) is 3.62. The quantitative estimate of drug-likeness (QED) is 0.914. The number of amides is 1. The zero-order valence-corrected chi connectivity index (χ0v) is 12.4. The second kappa shape index (κ2) is 5.98. The lowest BCUT2D eigenvalue weighted by Crippen LogP contribution is -2.27. The fraction of sp³-hybridized carbons (Fsp3) is 0.375. The smallest absolute Gasteiger partial charge is 0.273 e. The number of carbonyl (C=O) groups excluding carboxylic acids is 1. The molecule has 0 radical (unpaired) electrons. The van der Waals surface area contributed by atoms with Gasteiger partial charge in [-0.1, -0.05) is 18.6 Å². The molecule has 1 aromatic heterocycles. The predicted octanol–water partition coefficient (Wildman–Crippen LogP) is 1.98. The van der Waals surface area contributed by atoms with E-state index in [0.717, 1.165) is 37.1 Å². The largest absolute Gasteiger partial charge is 0.348 e. The lowest BCUT2D eigenvalue weighted by molar-refractivity contribution is 0.0945. The van der Waals surface area contributed by atoms with Crippen LogP contribution < -0.4 is 5.32 Å². The summed E-state index contributed by atoms with van der Waals surface area (Å²) in [5, 5.41) is 20.0. The summed E-state index contributed by atoms with van der Waals surface area (Å²) in [6.07, 6.45) is 3.70. The van der Waals surface area contributed by atoms with Crippen molar-refractivity contribution in [3.63, 3.8) is 0 Å². The molecule has 0 unspecified atom stereocenters. The Morgan fingerprint density at radius 2 is 2.14 bits per heavy atom. The molecule has 1 aromatic carbocycles. The van der Waals surface area contributed by atoms with Crippen LogP contribution in [0, 0.1) is 11.3 Å². The average Bonchev–Trinajstić information content (AvgIpc) is 3.25. The molecule has 6 nitrogen and oxygen atoms in total. The number of aromatic nitrogens is 3. The van der Waals surface area contributed by atoms with Crippen molar-refractivity contribution in [3.05, 3.63) is 41.2 Å². The fourth-order valence-corrected chi connectivity index (χ4v) is 2.31.